The van der Waals surface area contributed by atoms with Gasteiger partial charge in [0.05, 0.1) is 5.56 Å². The summed E-state index contributed by atoms with van der Waals surface area (Å²) >= 11 is 0. The van der Waals surface area contributed by atoms with Crippen LogP contribution in [0.25, 0.3) is 10.9 Å². The lowest BCUT2D eigenvalue weighted by Gasteiger charge is -2.04. The maximum atomic E-state index is 12.8. The number of aromatic nitrogens is 1. The number of halogens is 4. The Bertz CT molecular complexity index is 600. The van der Waals surface area contributed by atoms with Gasteiger partial charge in [0.25, 0.3) is 0 Å². The van der Waals surface area contributed by atoms with Gasteiger partial charge in [0.15, 0.2) is 0 Å². The average molecular weight is 247 g/mol. The van der Waals surface area contributed by atoms with Crippen LogP contribution in [0.1, 0.15) is 16.1 Å². The summed E-state index contributed by atoms with van der Waals surface area (Å²) in [5, 5.41) is 8.60. The number of fused-ring (bicyclic) bond motifs is 1. The van der Waals surface area contributed by atoms with Crippen LogP contribution in [0.2, 0.25) is 0 Å². The molecule has 1 heterocycles. The van der Waals surface area contributed by atoms with E-state index in [9.17, 15) is 22.4 Å². The van der Waals surface area contributed by atoms with Crippen molar-refractivity contribution >= 4 is 16.9 Å². The monoisotopic (exact) mass is 247 g/mol. The molecule has 7 heteroatoms. The number of nitrogens with one attached hydrogen (secondary N) is 1. The molecule has 0 spiro atoms. The molecule has 0 saturated carbocycles. The quantitative estimate of drug-likeness (QED) is 0.761. The van der Waals surface area contributed by atoms with Crippen molar-refractivity contribution < 1.29 is 27.5 Å². The summed E-state index contributed by atoms with van der Waals surface area (Å²) in [6.45, 7) is 0. The first-order valence-corrected chi connectivity index (χ1v) is 4.42. The highest BCUT2D eigenvalue weighted by molar-refractivity contribution is 6.04. The van der Waals surface area contributed by atoms with Gasteiger partial charge in [-0.25, -0.2) is 9.18 Å². The highest BCUT2D eigenvalue weighted by Gasteiger charge is 2.38. The second-order valence-corrected chi connectivity index (χ2v) is 3.37. The Balaban J connectivity index is 2.84. The smallest absolute Gasteiger partial charge is 0.432 e. The number of rotatable bonds is 1. The summed E-state index contributed by atoms with van der Waals surface area (Å²) in [7, 11) is 0. The lowest BCUT2D eigenvalue weighted by atomic mass is 10.1. The Morgan fingerprint density at radius 3 is 2.47 bits per heavy atom. The normalized spacial score (nSPS) is 12.0. The minimum absolute atomic E-state index is 0.175. The minimum Gasteiger partial charge on any atom is -0.478 e. The summed E-state index contributed by atoms with van der Waals surface area (Å²) in [4.78, 5) is 12.7. The van der Waals surface area contributed by atoms with Crippen LogP contribution in [-0.4, -0.2) is 16.1 Å². The maximum Gasteiger partial charge on any atom is 0.432 e. The standard InChI is InChI=1S/C10H5F4NO2/c11-4-1-2-5-6(3-4)15-8(10(12,13)14)7(5)9(16)17/h1-3,15H,(H,16,17). The van der Waals surface area contributed by atoms with E-state index in [2.05, 4.69) is 0 Å². The van der Waals surface area contributed by atoms with E-state index >= 15 is 0 Å². The largest absolute Gasteiger partial charge is 0.478 e. The predicted octanol–water partition coefficient (Wildman–Crippen LogP) is 3.02. The van der Waals surface area contributed by atoms with Crippen LogP contribution in [-0.2, 0) is 6.18 Å². The van der Waals surface area contributed by atoms with Crippen molar-refractivity contribution in [2.45, 2.75) is 6.18 Å². The molecule has 2 N–H and O–H groups in total. The summed E-state index contributed by atoms with van der Waals surface area (Å²) < 4.78 is 50.5. The number of benzene rings is 1. The van der Waals surface area contributed by atoms with Crippen molar-refractivity contribution in [1.82, 2.24) is 4.98 Å². The van der Waals surface area contributed by atoms with Crippen LogP contribution in [0, 0.1) is 5.82 Å². The number of carboxylic acid groups (broad SMARTS) is 1. The molecular formula is C10H5F4NO2. The molecule has 2 aromatic rings. The van der Waals surface area contributed by atoms with Crippen LogP contribution in [0.5, 0.6) is 0 Å². The van der Waals surface area contributed by atoms with Gasteiger partial charge in [-0.15, -0.1) is 0 Å². The third-order valence-electron chi connectivity index (χ3n) is 2.26. The number of H-pyrrole nitrogens is 1. The molecule has 0 aliphatic rings. The van der Waals surface area contributed by atoms with Crippen LogP contribution >= 0.6 is 0 Å². The van der Waals surface area contributed by atoms with Crippen LogP contribution in [0.4, 0.5) is 17.6 Å². The number of aromatic carboxylic acids is 1. The zero-order valence-electron chi connectivity index (χ0n) is 8.10. The molecule has 0 saturated heterocycles. The van der Waals surface area contributed by atoms with Gasteiger partial charge in [0.1, 0.15) is 11.5 Å². The molecule has 0 unspecified atom stereocenters. The van der Waals surface area contributed by atoms with E-state index in [1.807, 2.05) is 4.98 Å². The fraction of sp³-hybridized carbons (Fsp3) is 0.100. The third kappa shape index (κ3) is 1.83. The van der Waals surface area contributed by atoms with Gasteiger partial charge < -0.3 is 10.1 Å². The zero-order chi connectivity index (χ0) is 12.8. The van der Waals surface area contributed by atoms with Gasteiger partial charge >= 0.3 is 12.1 Å². The van der Waals surface area contributed by atoms with Crippen LogP contribution in [0.15, 0.2) is 18.2 Å². The Hall–Kier alpha value is -2.05. The molecule has 90 valence electrons. The molecule has 0 atom stereocenters. The summed E-state index contributed by atoms with van der Waals surface area (Å²) in [5.74, 6) is -2.46. The van der Waals surface area contributed by atoms with E-state index in [4.69, 9.17) is 5.11 Å². The van der Waals surface area contributed by atoms with Crippen LogP contribution in [0.3, 0.4) is 0 Å². The van der Waals surface area contributed by atoms with Crippen molar-refractivity contribution in [3.05, 3.63) is 35.3 Å². The van der Waals surface area contributed by atoms with E-state index in [0.29, 0.717) is 0 Å². The number of carbonyl (C=O) groups is 1. The lowest BCUT2D eigenvalue weighted by molar-refractivity contribution is -0.141. The first kappa shape index (κ1) is 11.4. The lowest BCUT2D eigenvalue weighted by Crippen LogP contribution is -2.11. The molecular weight excluding hydrogens is 242 g/mol. The maximum absolute atomic E-state index is 12.8. The number of carboxylic acids is 1. The van der Waals surface area contributed by atoms with Gasteiger partial charge in [0, 0.05) is 10.9 Å². The van der Waals surface area contributed by atoms with Gasteiger partial charge in [-0.05, 0) is 18.2 Å². The topological polar surface area (TPSA) is 53.1 Å². The minimum atomic E-state index is -4.83. The average Bonchev–Trinajstić information content (AvgIpc) is 2.55. The Labute approximate surface area is 91.7 Å². The van der Waals surface area contributed by atoms with Gasteiger partial charge in [-0.3, -0.25) is 0 Å². The molecule has 3 nitrogen and oxygen atoms in total. The van der Waals surface area contributed by atoms with Crippen molar-refractivity contribution in [1.29, 1.82) is 0 Å². The summed E-state index contributed by atoms with van der Waals surface area (Å²) in [6, 6.07) is 2.72. The van der Waals surface area contributed by atoms with Crippen molar-refractivity contribution in [3.8, 4) is 0 Å². The molecule has 2 rings (SSSR count). The fourth-order valence-corrected chi connectivity index (χ4v) is 1.60. The van der Waals surface area contributed by atoms with Crippen molar-refractivity contribution in [2.24, 2.45) is 0 Å². The molecule has 1 aromatic carbocycles. The highest BCUT2D eigenvalue weighted by Crippen LogP contribution is 2.35. The SMILES string of the molecule is O=C(O)c1c(C(F)(F)F)[nH]c2cc(F)ccc12. The second-order valence-electron chi connectivity index (χ2n) is 3.37. The number of aromatic amines is 1. The predicted molar refractivity (Wildman–Crippen MR) is 50.2 cm³/mol. The first-order valence-electron chi connectivity index (χ1n) is 4.42. The first-order chi connectivity index (χ1) is 7.80. The summed E-state index contributed by atoms with van der Waals surface area (Å²) in [5.41, 5.74) is -2.48. The second kappa shape index (κ2) is 3.47. The number of hydrogen-bond donors (Lipinski definition) is 2. The van der Waals surface area contributed by atoms with Gasteiger partial charge in [0.2, 0.25) is 0 Å². The Kier molecular flexibility index (Phi) is 2.34. The van der Waals surface area contributed by atoms with Crippen molar-refractivity contribution in [2.75, 3.05) is 0 Å². The third-order valence-corrected chi connectivity index (χ3v) is 2.26. The number of alkyl halides is 3. The van der Waals surface area contributed by atoms with Gasteiger partial charge in [-0.1, -0.05) is 0 Å². The van der Waals surface area contributed by atoms with E-state index in [0.717, 1.165) is 18.2 Å². The van der Waals surface area contributed by atoms with Crippen LogP contribution < -0.4 is 0 Å². The van der Waals surface area contributed by atoms with Crippen molar-refractivity contribution in [3.63, 3.8) is 0 Å². The Morgan fingerprint density at radius 1 is 1.29 bits per heavy atom. The Morgan fingerprint density at radius 2 is 1.94 bits per heavy atom. The molecule has 0 amide bonds. The fourth-order valence-electron chi connectivity index (χ4n) is 1.60. The highest BCUT2D eigenvalue weighted by atomic mass is 19.4. The number of hydrogen-bond acceptors (Lipinski definition) is 1. The van der Waals surface area contributed by atoms with E-state index < -0.39 is 29.2 Å². The molecule has 17 heavy (non-hydrogen) atoms. The molecule has 0 fully saturated rings. The molecule has 0 aliphatic heterocycles. The molecule has 0 radical (unpaired) electrons. The van der Waals surface area contributed by atoms with Gasteiger partial charge in [-0.2, -0.15) is 13.2 Å². The zero-order valence-corrected chi connectivity index (χ0v) is 8.10. The molecule has 0 bridgehead atoms. The van der Waals surface area contributed by atoms with E-state index in [1.54, 1.807) is 0 Å². The van der Waals surface area contributed by atoms with E-state index in [1.165, 1.54) is 0 Å². The molecule has 0 aliphatic carbocycles. The molecule has 1 aromatic heterocycles. The summed E-state index contributed by atoms with van der Waals surface area (Å²) in [6.07, 6.45) is -4.83. The van der Waals surface area contributed by atoms with E-state index in [-0.39, 0.29) is 10.9 Å².